The van der Waals surface area contributed by atoms with Gasteiger partial charge in [-0.05, 0) is 30.3 Å². The number of anilines is 1. The third-order valence-corrected chi connectivity index (χ3v) is 5.68. The second kappa shape index (κ2) is 8.13. The van der Waals surface area contributed by atoms with Crippen molar-refractivity contribution in [3.05, 3.63) is 91.6 Å². The molecule has 0 N–H and O–H groups in total. The first-order chi connectivity index (χ1) is 14.8. The van der Waals surface area contributed by atoms with Gasteiger partial charge in [-0.25, -0.2) is 0 Å². The summed E-state index contributed by atoms with van der Waals surface area (Å²) in [7, 11) is 0. The smallest absolute Gasteiger partial charge is 0.280 e. The van der Waals surface area contributed by atoms with Crippen molar-refractivity contribution >= 4 is 57.3 Å². The van der Waals surface area contributed by atoms with Crippen LogP contribution in [0.5, 0.6) is 0 Å². The molecular formula is C20H11N3O6S2. The molecule has 0 spiro atoms. The molecule has 1 aliphatic rings. The lowest BCUT2D eigenvalue weighted by molar-refractivity contribution is -0.384. The van der Waals surface area contributed by atoms with Crippen LogP contribution in [0.3, 0.4) is 0 Å². The lowest BCUT2D eigenvalue weighted by Gasteiger charge is -2.13. The predicted molar refractivity (Wildman–Crippen MR) is 120 cm³/mol. The van der Waals surface area contributed by atoms with Crippen LogP contribution in [-0.4, -0.2) is 20.1 Å². The molecule has 0 unspecified atom stereocenters. The van der Waals surface area contributed by atoms with E-state index in [4.69, 9.17) is 16.6 Å². The molecule has 1 amide bonds. The summed E-state index contributed by atoms with van der Waals surface area (Å²) in [5.74, 6) is 0.231. The van der Waals surface area contributed by atoms with Crippen LogP contribution in [-0.2, 0) is 4.79 Å². The number of para-hydroxylation sites is 1. The average Bonchev–Trinajstić information content (AvgIpc) is 3.32. The summed E-state index contributed by atoms with van der Waals surface area (Å²) in [6.45, 7) is 0. The number of thioether (sulfide) groups is 1. The number of hydrogen-bond acceptors (Lipinski definition) is 8. The molecule has 3 aromatic rings. The zero-order valence-electron chi connectivity index (χ0n) is 15.5. The number of thiocarbonyl (C=S) groups is 1. The maximum Gasteiger partial charge on any atom is 0.280 e. The van der Waals surface area contributed by atoms with Gasteiger partial charge in [-0.3, -0.25) is 29.9 Å². The third-order valence-electron chi connectivity index (χ3n) is 4.38. The first-order valence-corrected chi connectivity index (χ1v) is 9.93. The van der Waals surface area contributed by atoms with Gasteiger partial charge in [-0.2, -0.15) is 0 Å². The number of carbonyl (C=O) groups excluding carboxylic acids is 1. The van der Waals surface area contributed by atoms with Crippen molar-refractivity contribution < 1.29 is 19.1 Å². The van der Waals surface area contributed by atoms with Crippen molar-refractivity contribution in [1.29, 1.82) is 0 Å². The van der Waals surface area contributed by atoms with Gasteiger partial charge in [0.25, 0.3) is 17.3 Å². The van der Waals surface area contributed by atoms with E-state index in [2.05, 4.69) is 0 Å². The number of non-ortho nitro benzene ring substituents is 1. The van der Waals surface area contributed by atoms with E-state index in [-0.39, 0.29) is 15.7 Å². The predicted octanol–water partition coefficient (Wildman–Crippen LogP) is 5.17. The number of amides is 1. The van der Waals surface area contributed by atoms with E-state index in [1.165, 1.54) is 41.3 Å². The van der Waals surface area contributed by atoms with Gasteiger partial charge in [0.1, 0.15) is 11.5 Å². The second-order valence-corrected chi connectivity index (χ2v) is 7.94. The molecule has 1 saturated heterocycles. The van der Waals surface area contributed by atoms with E-state index in [0.29, 0.717) is 27.7 Å². The number of rotatable bonds is 5. The summed E-state index contributed by atoms with van der Waals surface area (Å²) < 4.78 is 5.98. The summed E-state index contributed by atoms with van der Waals surface area (Å²) in [5.41, 5.74) is 0.554. The fourth-order valence-corrected chi connectivity index (χ4v) is 4.24. The number of nitro groups is 2. The van der Waals surface area contributed by atoms with Crippen molar-refractivity contribution in [3.8, 4) is 11.3 Å². The van der Waals surface area contributed by atoms with Gasteiger partial charge in [-0.1, -0.05) is 36.1 Å². The Morgan fingerprint density at radius 2 is 1.68 bits per heavy atom. The Bertz CT molecular complexity index is 1270. The Morgan fingerprint density at radius 3 is 2.35 bits per heavy atom. The molecule has 0 aliphatic carbocycles. The molecule has 2 aromatic carbocycles. The summed E-state index contributed by atoms with van der Waals surface area (Å²) in [6, 6.07) is 14.9. The third kappa shape index (κ3) is 3.96. The van der Waals surface area contributed by atoms with E-state index >= 15 is 0 Å². The van der Waals surface area contributed by atoms with Gasteiger partial charge in [0.05, 0.1) is 26.0 Å². The number of carbonyl (C=O) groups is 1. The molecule has 0 saturated carbocycles. The first kappa shape index (κ1) is 20.4. The molecule has 4 rings (SSSR count). The summed E-state index contributed by atoms with van der Waals surface area (Å²) in [5, 5.41) is 22.1. The molecule has 9 nitrogen and oxygen atoms in total. The Balaban J connectivity index is 1.61. The lowest BCUT2D eigenvalue weighted by atomic mass is 10.1. The molecule has 154 valence electrons. The number of nitrogens with zero attached hydrogens (tertiary/aromatic N) is 3. The van der Waals surface area contributed by atoms with Gasteiger partial charge in [0, 0.05) is 24.3 Å². The van der Waals surface area contributed by atoms with E-state index in [9.17, 15) is 25.0 Å². The minimum Gasteiger partial charge on any atom is -0.456 e. The highest BCUT2D eigenvalue weighted by Gasteiger charge is 2.33. The van der Waals surface area contributed by atoms with Crippen molar-refractivity contribution in [1.82, 2.24) is 0 Å². The van der Waals surface area contributed by atoms with Crippen molar-refractivity contribution in [2.24, 2.45) is 0 Å². The second-order valence-electron chi connectivity index (χ2n) is 6.27. The summed E-state index contributed by atoms with van der Waals surface area (Å²) in [4.78, 5) is 35.5. The standard InChI is InChI=1S/C20H11N3O6S2/c24-19-18(31-20(30)21(19)12-5-7-13(8-6-12)22(25)26)11-14-9-10-17(29-14)15-3-1-2-4-16(15)23(27)28/h1-11H/b18-11+. The molecule has 0 bridgehead atoms. The number of benzene rings is 2. The Hall–Kier alpha value is -3.83. The summed E-state index contributed by atoms with van der Waals surface area (Å²) in [6.07, 6.45) is 1.50. The zero-order valence-corrected chi connectivity index (χ0v) is 17.1. The normalized spacial score (nSPS) is 15.0. The zero-order chi connectivity index (χ0) is 22.1. The van der Waals surface area contributed by atoms with E-state index in [0.717, 1.165) is 11.8 Å². The summed E-state index contributed by atoms with van der Waals surface area (Å²) >= 11 is 6.35. The van der Waals surface area contributed by atoms with Crippen LogP contribution in [0.2, 0.25) is 0 Å². The van der Waals surface area contributed by atoms with Gasteiger partial charge in [0.2, 0.25) is 0 Å². The van der Waals surface area contributed by atoms with Crippen LogP contribution in [0.1, 0.15) is 5.76 Å². The molecule has 1 fully saturated rings. The van der Waals surface area contributed by atoms with Crippen LogP contribution in [0.4, 0.5) is 17.1 Å². The van der Waals surface area contributed by atoms with Gasteiger partial charge < -0.3 is 4.42 Å². The highest BCUT2D eigenvalue weighted by atomic mass is 32.2. The minimum atomic E-state index is -0.528. The van der Waals surface area contributed by atoms with Crippen LogP contribution in [0.15, 0.2) is 70.0 Å². The van der Waals surface area contributed by atoms with Crippen LogP contribution >= 0.6 is 24.0 Å². The quantitative estimate of drug-likeness (QED) is 0.225. The maximum atomic E-state index is 12.8. The van der Waals surface area contributed by atoms with Crippen LogP contribution in [0, 0.1) is 20.2 Å². The van der Waals surface area contributed by atoms with Gasteiger partial charge in [-0.15, -0.1) is 0 Å². The minimum absolute atomic E-state index is 0.0899. The molecule has 1 aliphatic heterocycles. The Kier molecular flexibility index (Phi) is 5.36. The SMILES string of the molecule is O=C1/C(=C\c2ccc(-c3ccccc3[N+](=O)[O-])o2)SC(=S)N1c1ccc([N+](=O)[O-])cc1. The molecule has 11 heteroatoms. The van der Waals surface area contributed by atoms with Crippen molar-refractivity contribution in [2.75, 3.05) is 4.90 Å². The molecule has 0 atom stereocenters. The largest absolute Gasteiger partial charge is 0.456 e. The Morgan fingerprint density at radius 1 is 0.968 bits per heavy atom. The Labute approximate surface area is 184 Å². The van der Waals surface area contributed by atoms with E-state index in [1.54, 1.807) is 30.3 Å². The fourth-order valence-electron chi connectivity index (χ4n) is 2.96. The number of furan rings is 1. The fraction of sp³-hybridized carbons (Fsp3) is 0. The van der Waals surface area contributed by atoms with Crippen molar-refractivity contribution in [3.63, 3.8) is 0 Å². The average molecular weight is 453 g/mol. The first-order valence-electron chi connectivity index (χ1n) is 8.71. The van der Waals surface area contributed by atoms with E-state index in [1.807, 2.05) is 0 Å². The molecule has 0 radical (unpaired) electrons. The van der Waals surface area contributed by atoms with E-state index < -0.39 is 15.8 Å². The van der Waals surface area contributed by atoms with Crippen LogP contribution < -0.4 is 4.90 Å². The van der Waals surface area contributed by atoms with Crippen LogP contribution in [0.25, 0.3) is 17.4 Å². The highest BCUT2D eigenvalue weighted by molar-refractivity contribution is 8.27. The topological polar surface area (TPSA) is 120 Å². The van der Waals surface area contributed by atoms with Gasteiger partial charge >= 0.3 is 0 Å². The maximum absolute atomic E-state index is 12.8. The molecule has 31 heavy (non-hydrogen) atoms. The monoisotopic (exact) mass is 453 g/mol. The molecule has 2 heterocycles. The molecular weight excluding hydrogens is 442 g/mol. The number of hydrogen-bond donors (Lipinski definition) is 0. The molecule has 1 aromatic heterocycles. The lowest BCUT2D eigenvalue weighted by Crippen LogP contribution is -2.27. The van der Waals surface area contributed by atoms with Gasteiger partial charge in [0.15, 0.2) is 4.32 Å². The highest BCUT2D eigenvalue weighted by Crippen LogP contribution is 2.37. The number of nitro benzene ring substituents is 2. The van der Waals surface area contributed by atoms with Crippen molar-refractivity contribution in [2.45, 2.75) is 0 Å².